The van der Waals surface area contributed by atoms with Gasteiger partial charge in [-0.05, 0) is 0 Å². The quantitative estimate of drug-likeness (QED) is 0.484. The number of hydrogen-bond acceptors (Lipinski definition) is 7. The predicted octanol–water partition coefficient (Wildman–Crippen LogP) is 2.58. The average Bonchev–Trinajstić information content (AvgIpc) is 2.36. The maximum atomic E-state index is 11.9. The molecule has 0 fully saturated rings. The van der Waals surface area contributed by atoms with Crippen molar-refractivity contribution in [3.05, 3.63) is 36.5 Å². The van der Waals surface area contributed by atoms with Crippen molar-refractivity contribution in [2.24, 2.45) is 0 Å². The van der Waals surface area contributed by atoms with E-state index in [4.69, 9.17) is 13.3 Å². The van der Waals surface area contributed by atoms with Crippen LogP contribution in [0.4, 0.5) is 0 Å². The number of carbonyl (C=O) groups is 3. The van der Waals surface area contributed by atoms with Crippen LogP contribution in [0.3, 0.4) is 0 Å². The molecule has 0 spiro atoms. The Morgan fingerprint density at radius 2 is 1.00 bits per heavy atom. The van der Waals surface area contributed by atoms with E-state index in [1.165, 1.54) is 20.8 Å². The molecule has 0 aromatic rings. The topological polar surface area (TPSA) is 88.1 Å². The Kier molecular flexibility index (Phi) is 8.16. The Labute approximate surface area is 141 Å². The number of hydrogen-bond donors (Lipinski definition) is 0. The first kappa shape index (κ1) is 21.3. The van der Waals surface area contributed by atoms with Crippen LogP contribution in [0.25, 0.3) is 0 Å². The molecule has 0 unspecified atom stereocenters. The standard InChI is InChI=1S/3C4H6O2.C3H7O.Ti/c3*1-3(2)4(5)6;1-3(2)4;/h3*1H2,2H3,(H,5,6);3H,1-2H3;/q;;;-1;+4/p-3. The summed E-state index contributed by atoms with van der Waals surface area (Å²) in [4.78, 5) is 35.6. The molecule has 0 aromatic heterocycles. The Morgan fingerprint density at radius 1 is 0.739 bits per heavy atom. The Morgan fingerprint density at radius 3 is 1.17 bits per heavy atom. The first-order valence-electron chi connectivity index (χ1n) is 6.74. The molecule has 0 atom stereocenters. The fourth-order valence-corrected chi connectivity index (χ4v) is 4.23. The molecule has 0 aliphatic heterocycles. The van der Waals surface area contributed by atoms with E-state index in [0.29, 0.717) is 0 Å². The van der Waals surface area contributed by atoms with E-state index in [0.717, 1.165) is 0 Å². The first-order valence-corrected chi connectivity index (χ1v) is 9.29. The Balaban J connectivity index is 5.77. The third-order valence-corrected chi connectivity index (χ3v) is 5.31. The summed E-state index contributed by atoms with van der Waals surface area (Å²) >= 11 is -5.09. The molecular formula is C15H22O7Ti. The van der Waals surface area contributed by atoms with Crippen molar-refractivity contribution in [2.45, 2.75) is 40.7 Å². The van der Waals surface area contributed by atoms with Gasteiger partial charge in [-0.15, -0.1) is 0 Å². The van der Waals surface area contributed by atoms with Crippen molar-refractivity contribution in [2.75, 3.05) is 0 Å². The molecule has 0 radical (unpaired) electrons. The summed E-state index contributed by atoms with van der Waals surface area (Å²) in [6.07, 6.45) is -0.538. The predicted molar refractivity (Wildman–Crippen MR) is 78.9 cm³/mol. The summed E-state index contributed by atoms with van der Waals surface area (Å²) in [7, 11) is 0. The Hall–Kier alpha value is -1.70. The molecule has 8 heteroatoms. The molecule has 0 amide bonds. The molecule has 0 aliphatic carbocycles. The van der Waals surface area contributed by atoms with Gasteiger partial charge in [0.25, 0.3) is 0 Å². The van der Waals surface area contributed by atoms with Crippen molar-refractivity contribution in [1.82, 2.24) is 0 Å². The fraction of sp³-hybridized carbons (Fsp3) is 0.400. The minimum absolute atomic E-state index is 0.0325. The molecule has 128 valence electrons. The summed E-state index contributed by atoms with van der Waals surface area (Å²) < 4.78 is 20.8. The van der Waals surface area contributed by atoms with Crippen molar-refractivity contribution < 1.29 is 45.8 Å². The van der Waals surface area contributed by atoms with Gasteiger partial charge in [-0.2, -0.15) is 0 Å². The van der Waals surface area contributed by atoms with E-state index in [1.807, 2.05) is 0 Å². The van der Waals surface area contributed by atoms with Crippen molar-refractivity contribution >= 4 is 17.9 Å². The second kappa shape index (κ2) is 8.81. The second-order valence-corrected chi connectivity index (χ2v) is 8.06. The SMILES string of the molecule is C=C(C)C(=O)[O][Ti]([O]C(=O)C(=C)C)([O]C(=O)C(=C)C)[O]C(C)C. The van der Waals surface area contributed by atoms with E-state index in [-0.39, 0.29) is 16.7 Å². The van der Waals surface area contributed by atoms with Gasteiger partial charge in [0, 0.05) is 0 Å². The van der Waals surface area contributed by atoms with Crippen LogP contribution in [0.5, 0.6) is 0 Å². The molecular weight excluding hydrogens is 340 g/mol. The monoisotopic (exact) mass is 362 g/mol. The average molecular weight is 362 g/mol. The van der Waals surface area contributed by atoms with Crippen molar-refractivity contribution in [1.29, 1.82) is 0 Å². The zero-order chi connectivity index (χ0) is 18.4. The van der Waals surface area contributed by atoms with E-state index in [2.05, 4.69) is 19.7 Å². The summed E-state index contributed by atoms with van der Waals surface area (Å²) in [5.74, 6) is -2.68. The summed E-state index contributed by atoms with van der Waals surface area (Å²) in [5.41, 5.74) is 0.0975. The van der Waals surface area contributed by atoms with Gasteiger partial charge in [0.05, 0.1) is 0 Å². The third-order valence-electron chi connectivity index (χ3n) is 2.08. The van der Waals surface area contributed by atoms with Crippen LogP contribution >= 0.6 is 0 Å². The molecule has 7 nitrogen and oxygen atoms in total. The van der Waals surface area contributed by atoms with Gasteiger partial charge in [-0.25, -0.2) is 0 Å². The molecule has 0 rings (SSSR count). The van der Waals surface area contributed by atoms with Gasteiger partial charge >= 0.3 is 141 Å². The van der Waals surface area contributed by atoms with Crippen LogP contribution in [0.1, 0.15) is 34.6 Å². The van der Waals surface area contributed by atoms with Crippen molar-refractivity contribution in [3.8, 4) is 0 Å². The molecule has 0 saturated heterocycles. The molecule has 0 saturated carbocycles. The number of rotatable bonds is 8. The Bertz CT molecular complexity index is 479. The van der Waals surface area contributed by atoms with Crippen LogP contribution in [-0.4, -0.2) is 24.0 Å². The maximum absolute atomic E-state index is 11.9. The fourth-order valence-electron chi connectivity index (χ4n) is 1.03. The van der Waals surface area contributed by atoms with E-state index in [1.54, 1.807) is 13.8 Å². The summed E-state index contributed by atoms with van der Waals surface area (Å²) in [6, 6.07) is 0. The minimum atomic E-state index is -5.09. The molecule has 0 bridgehead atoms. The van der Waals surface area contributed by atoms with Gasteiger partial charge in [0.1, 0.15) is 0 Å². The third kappa shape index (κ3) is 7.41. The summed E-state index contributed by atoms with van der Waals surface area (Å²) in [6.45, 7) is 17.7. The van der Waals surface area contributed by atoms with E-state index < -0.39 is 42.2 Å². The molecule has 23 heavy (non-hydrogen) atoms. The summed E-state index contributed by atoms with van der Waals surface area (Å²) in [5, 5.41) is 0. The van der Waals surface area contributed by atoms with Crippen LogP contribution < -0.4 is 0 Å². The first-order chi connectivity index (χ1) is 10.4. The zero-order valence-electron chi connectivity index (χ0n) is 14.1. The van der Waals surface area contributed by atoms with Crippen LogP contribution in [0.2, 0.25) is 0 Å². The number of carbonyl (C=O) groups excluding carboxylic acids is 3. The van der Waals surface area contributed by atoms with E-state index >= 15 is 0 Å². The van der Waals surface area contributed by atoms with Crippen LogP contribution in [0, 0.1) is 0 Å². The van der Waals surface area contributed by atoms with Gasteiger partial charge in [-0.3, -0.25) is 0 Å². The van der Waals surface area contributed by atoms with Gasteiger partial charge in [0.2, 0.25) is 0 Å². The van der Waals surface area contributed by atoms with Gasteiger partial charge < -0.3 is 0 Å². The van der Waals surface area contributed by atoms with E-state index in [9.17, 15) is 14.4 Å². The van der Waals surface area contributed by atoms with Crippen LogP contribution in [0.15, 0.2) is 36.5 Å². The van der Waals surface area contributed by atoms with Gasteiger partial charge in [0.15, 0.2) is 0 Å². The van der Waals surface area contributed by atoms with Crippen LogP contribution in [-0.2, 0) is 45.8 Å². The van der Waals surface area contributed by atoms with Gasteiger partial charge in [-0.1, -0.05) is 0 Å². The second-order valence-electron chi connectivity index (χ2n) is 5.18. The normalized spacial score (nSPS) is 10.7. The molecule has 0 heterocycles. The molecule has 0 aliphatic rings. The molecule has 0 N–H and O–H groups in total. The van der Waals surface area contributed by atoms with Crippen molar-refractivity contribution in [3.63, 3.8) is 0 Å². The zero-order valence-corrected chi connectivity index (χ0v) is 15.6. The molecule has 0 aromatic carbocycles.